The van der Waals surface area contributed by atoms with E-state index in [4.69, 9.17) is 10.9 Å². The molecule has 0 aliphatic carbocycles. The first-order chi connectivity index (χ1) is 9.05. The normalized spacial score (nSPS) is 13.7. The molecule has 0 saturated heterocycles. The van der Waals surface area contributed by atoms with E-state index in [1.54, 1.807) is 0 Å². The molecule has 3 N–H and O–H groups in total. The summed E-state index contributed by atoms with van der Waals surface area (Å²) >= 11 is 0. The number of aromatic nitrogens is 1. The standard InChI is InChI=1S/C9H7F6N3O2/c10-8(11,12)7(9(13,14)15)20-5-3-4(1-2-17-5)6(16)18-19/h1-3,7,19H,(H2,16,18). The van der Waals surface area contributed by atoms with E-state index in [-0.39, 0.29) is 5.56 Å². The van der Waals surface area contributed by atoms with Gasteiger partial charge in [-0.15, -0.1) is 0 Å². The largest absolute Gasteiger partial charge is 0.455 e. The number of hydrogen-bond acceptors (Lipinski definition) is 4. The lowest BCUT2D eigenvalue weighted by Crippen LogP contribution is -2.46. The van der Waals surface area contributed by atoms with E-state index in [1.165, 1.54) is 0 Å². The highest BCUT2D eigenvalue weighted by Gasteiger charge is 2.59. The number of hydrogen-bond donors (Lipinski definition) is 2. The lowest BCUT2D eigenvalue weighted by Gasteiger charge is -2.23. The number of amidine groups is 1. The van der Waals surface area contributed by atoms with Gasteiger partial charge in [-0.2, -0.15) is 26.3 Å². The highest BCUT2D eigenvalue weighted by molar-refractivity contribution is 5.97. The van der Waals surface area contributed by atoms with Gasteiger partial charge in [0, 0.05) is 17.8 Å². The second-order valence-electron chi connectivity index (χ2n) is 3.45. The Labute approximate surface area is 107 Å². The van der Waals surface area contributed by atoms with Crippen molar-refractivity contribution >= 4 is 5.84 Å². The van der Waals surface area contributed by atoms with Gasteiger partial charge in [0.25, 0.3) is 6.10 Å². The fourth-order valence-corrected chi connectivity index (χ4v) is 1.13. The molecule has 0 bridgehead atoms. The third-order valence-electron chi connectivity index (χ3n) is 1.97. The molecule has 0 fully saturated rings. The summed E-state index contributed by atoms with van der Waals surface area (Å²) in [7, 11) is 0. The molecule has 0 unspecified atom stereocenters. The third kappa shape index (κ3) is 3.90. The maximum Gasteiger partial charge on any atom is 0.434 e. The molecule has 0 aliphatic heterocycles. The summed E-state index contributed by atoms with van der Waals surface area (Å²) in [5.74, 6) is -1.48. The molecule has 1 rings (SSSR count). The molecule has 0 aromatic carbocycles. The molecule has 1 aromatic heterocycles. The van der Waals surface area contributed by atoms with E-state index in [2.05, 4.69) is 14.9 Å². The zero-order chi connectivity index (χ0) is 15.6. The second kappa shape index (κ2) is 5.43. The molecule has 0 aliphatic rings. The van der Waals surface area contributed by atoms with Crippen LogP contribution in [0.3, 0.4) is 0 Å². The quantitative estimate of drug-likeness (QED) is 0.294. The fourth-order valence-electron chi connectivity index (χ4n) is 1.13. The number of nitrogens with zero attached hydrogens (tertiary/aromatic N) is 2. The topological polar surface area (TPSA) is 80.7 Å². The van der Waals surface area contributed by atoms with Crippen molar-refractivity contribution in [2.45, 2.75) is 18.5 Å². The van der Waals surface area contributed by atoms with Crippen molar-refractivity contribution in [1.82, 2.24) is 4.98 Å². The van der Waals surface area contributed by atoms with Gasteiger partial charge in [0.1, 0.15) is 0 Å². The third-order valence-corrected chi connectivity index (χ3v) is 1.97. The van der Waals surface area contributed by atoms with Crippen LogP contribution >= 0.6 is 0 Å². The van der Waals surface area contributed by atoms with Gasteiger partial charge >= 0.3 is 12.4 Å². The van der Waals surface area contributed by atoms with Gasteiger partial charge in [-0.05, 0) is 6.07 Å². The molecule has 0 amide bonds. The molecule has 0 spiro atoms. The number of rotatable bonds is 3. The molecule has 0 atom stereocenters. The predicted molar refractivity (Wildman–Crippen MR) is 53.3 cm³/mol. The zero-order valence-corrected chi connectivity index (χ0v) is 9.40. The molecule has 5 nitrogen and oxygen atoms in total. The maximum absolute atomic E-state index is 12.3. The number of alkyl halides is 6. The van der Waals surface area contributed by atoms with Gasteiger partial charge in [-0.25, -0.2) is 4.98 Å². The average Bonchev–Trinajstić information content (AvgIpc) is 2.32. The number of ether oxygens (including phenoxy) is 1. The fraction of sp³-hybridized carbons (Fsp3) is 0.333. The van der Waals surface area contributed by atoms with Gasteiger partial charge in [-0.1, -0.05) is 5.16 Å². The highest BCUT2D eigenvalue weighted by Crippen LogP contribution is 2.36. The Morgan fingerprint density at radius 1 is 1.25 bits per heavy atom. The minimum absolute atomic E-state index is 0.152. The van der Waals surface area contributed by atoms with Crippen LogP contribution in [0.2, 0.25) is 0 Å². The van der Waals surface area contributed by atoms with Crippen LogP contribution in [0.5, 0.6) is 5.88 Å². The van der Waals surface area contributed by atoms with E-state index in [0.29, 0.717) is 6.07 Å². The molecule has 20 heavy (non-hydrogen) atoms. The first kappa shape index (κ1) is 15.9. The Morgan fingerprint density at radius 2 is 1.80 bits per heavy atom. The van der Waals surface area contributed by atoms with Gasteiger partial charge in [0.15, 0.2) is 5.84 Å². The Balaban J connectivity index is 3.07. The van der Waals surface area contributed by atoms with Crippen molar-refractivity contribution in [3.8, 4) is 5.88 Å². The average molecular weight is 303 g/mol. The van der Waals surface area contributed by atoms with Crippen molar-refractivity contribution in [2.24, 2.45) is 10.9 Å². The van der Waals surface area contributed by atoms with E-state index >= 15 is 0 Å². The molecule has 1 heterocycles. The molecule has 1 aromatic rings. The van der Waals surface area contributed by atoms with E-state index in [0.717, 1.165) is 12.3 Å². The van der Waals surface area contributed by atoms with Gasteiger partial charge in [0.05, 0.1) is 0 Å². The lowest BCUT2D eigenvalue weighted by atomic mass is 10.2. The minimum Gasteiger partial charge on any atom is -0.455 e. The van der Waals surface area contributed by atoms with Crippen LogP contribution in [0, 0.1) is 0 Å². The summed E-state index contributed by atoms with van der Waals surface area (Å²) in [4.78, 5) is 3.21. The van der Waals surface area contributed by atoms with Crippen molar-refractivity contribution in [1.29, 1.82) is 0 Å². The SMILES string of the molecule is N/C(=N/O)c1ccnc(OC(C(F)(F)F)C(F)(F)F)c1. The first-order valence-electron chi connectivity index (χ1n) is 4.79. The van der Waals surface area contributed by atoms with Crippen LogP contribution in [0.25, 0.3) is 0 Å². The number of pyridine rings is 1. The van der Waals surface area contributed by atoms with Crippen LogP contribution in [-0.4, -0.2) is 34.5 Å². The summed E-state index contributed by atoms with van der Waals surface area (Å²) in [5, 5.41) is 10.9. The van der Waals surface area contributed by atoms with E-state index in [9.17, 15) is 26.3 Å². The summed E-state index contributed by atoms with van der Waals surface area (Å²) < 4.78 is 77.4. The summed E-state index contributed by atoms with van der Waals surface area (Å²) in [5.41, 5.74) is 4.99. The van der Waals surface area contributed by atoms with Gasteiger partial charge in [-0.3, -0.25) is 0 Å². The van der Waals surface area contributed by atoms with E-state index in [1.807, 2.05) is 0 Å². The zero-order valence-electron chi connectivity index (χ0n) is 9.40. The molecule has 11 heteroatoms. The van der Waals surface area contributed by atoms with Crippen LogP contribution < -0.4 is 10.5 Å². The molecule has 0 radical (unpaired) electrons. The van der Waals surface area contributed by atoms with Crippen LogP contribution in [-0.2, 0) is 0 Å². The number of oxime groups is 1. The van der Waals surface area contributed by atoms with Crippen molar-refractivity contribution < 1.29 is 36.3 Å². The van der Waals surface area contributed by atoms with Gasteiger partial charge < -0.3 is 15.7 Å². The molecular weight excluding hydrogens is 296 g/mol. The monoisotopic (exact) mass is 303 g/mol. The van der Waals surface area contributed by atoms with Crippen LogP contribution in [0.15, 0.2) is 23.5 Å². The predicted octanol–water partition coefficient (Wildman–Crippen LogP) is 2.05. The summed E-state index contributed by atoms with van der Waals surface area (Å²) in [6.45, 7) is 0. The van der Waals surface area contributed by atoms with Crippen molar-refractivity contribution in [3.05, 3.63) is 23.9 Å². The highest BCUT2D eigenvalue weighted by atomic mass is 19.4. The number of nitrogens with two attached hydrogens (primary N) is 1. The Kier molecular flexibility index (Phi) is 4.30. The maximum atomic E-state index is 12.3. The molecule has 0 saturated carbocycles. The minimum atomic E-state index is -5.66. The second-order valence-corrected chi connectivity index (χ2v) is 3.45. The smallest absolute Gasteiger partial charge is 0.434 e. The Morgan fingerprint density at radius 3 is 2.25 bits per heavy atom. The molecule has 112 valence electrons. The van der Waals surface area contributed by atoms with Crippen LogP contribution in [0.4, 0.5) is 26.3 Å². The molecular formula is C9H7F6N3O2. The Hall–Kier alpha value is -2.20. The lowest BCUT2D eigenvalue weighted by molar-refractivity contribution is -0.300. The summed E-state index contributed by atoms with van der Waals surface area (Å²) in [6, 6.07) is 1.79. The number of halogens is 6. The van der Waals surface area contributed by atoms with Gasteiger partial charge in [0.2, 0.25) is 5.88 Å². The first-order valence-corrected chi connectivity index (χ1v) is 4.79. The summed E-state index contributed by atoms with van der Waals surface area (Å²) in [6.07, 6.45) is -14.5. The van der Waals surface area contributed by atoms with Crippen molar-refractivity contribution in [3.63, 3.8) is 0 Å². The Bertz CT molecular complexity index is 485. The van der Waals surface area contributed by atoms with Crippen molar-refractivity contribution in [2.75, 3.05) is 0 Å². The van der Waals surface area contributed by atoms with Crippen LogP contribution in [0.1, 0.15) is 5.56 Å². The van der Waals surface area contributed by atoms with E-state index < -0.39 is 30.2 Å².